The summed E-state index contributed by atoms with van der Waals surface area (Å²) in [5.74, 6) is 0.0320. The van der Waals surface area contributed by atoms with Crippen molar-refractivity contribution in [1.82, 2.24) is 14.7 Å². The molecule has 2 aromatic rings. The molecule has 5 nitrogen and oxygen atoms in total. The van der Waals surface area contributed by atoms with Gasteiger partial charge in [0, 0.05) is 18.8 Å². The van der Waals surface area contributed by atoms with Crippen LogP contribution in [0, 0.1) is 0 Å². The predicted molar refractivity (Wildman–Crippen MR) is 79.9 cm³/mol. The summed E-state index contributed by atoms with van der Waals surface area (Å²) in [6.07, 6.45) is 1.99. The Labute approximate surface area is 122 Å². The highest BCUT2D eigenvalue weighted by Gasteiger charge is 2.14. The zero-order valence-corrected chi connectivity index (χ0v) is 12.7. The standard InChI is InChI=1S/C14H19N3O2S/c1-10(2)15-8-11-14(20-9-13(18)19-3)16-12-6-4-5-7-17(11)12/h4-7,10,15H,8-9H2,1-3H3. The molecule has 0 aliphatic carbocycles. The minimum atomic E-state index is -0.241. The maximum Gasteiger partial charge on any atom is 0.316 e. The minimum absolute atomic E-state index is 0.241. The molecule has 0 bridgehead atoms. The normalized spacial score (nSPS) is 11.2. The lowest BCUT2D eigenvalue weighted by atomic mass is 10.3. The first-order valence-corrected chi connectivity index (χ1v) is 7.49. The highest BCUT2D eigenvalue weighted by Crippen LogP contribution is 2.23. The average molecular weight is 293 g/mol. The average Bonchev–Trinajstić information content (AvgIpc) is 2.80. The first-order chi connectivity index (χ1) is 9.61. The van der Waals surface area contributed by atoms with Gasteiger partial charge in [0.2, 0.25) is 0 Å². The van der Waals surface area contributed by atoms with Crippen LogP contribution in [0.2, 0.25) is 0 Å². The summed E-state index contributed by atoms with van der Waals surface area (Å²) in [6, 6.07) is 6.28. The Morgan fingerprint density at radius 3 is 3.00 bits per heavy atom. The molecule has 20 heavy (non-hydrogen) atoms. The fraction of sp³-hybridized carbons (Fsp3) is 0.429. The number of nitrogens with zero attached hydrogens (tertiary/aromatic N) is 2. The van der Waals surface area contributed by atoms with Crippen LogP contribution in [0.1, 0.15) is 19.5 Å². The summed E-state index contributed by atoms with van der Waals surface area (Å²) in [4.78, 5) is 15.9. The van der Waals surface area contributed by atoms with Gasteiger partial charge in [-0.3, -0.25) is 4.79 Å². The zero-order chi connectivity index (χ0) is 14.5. The van der Waals surface area contributed by atoms with Crippen LogP contribution in [0.5, 0.6) is 0 Å². The van der Waals surface area contributed by atoms with Gasteiger partial charge in [0.05, 0.1) is 18.6 Å². The van der Waals surface area contributed by atoms with E-state index in [4.69, 9.17) is 0 Å². The second-order valence-electron chi connectivity index (χ2n) is 4.69. The highest BCUT2D eigenvalue weighted by atomic mass is 32.2. The molecule has 6 heteroatoms. The molecule has 2 heterocycles. The Morgan fingerprint density at radius 2 is 2.30 bits per heavy atom. The Morgan fingerprint density at radius 1 is 1.50 bits per heavy atom. The molecule has 0 radical (unpaired) electrons. The number of nitrogens with one attached hydrogen (secondary N) is 1. The molecule has 2 rings (SSSR count). The third-order valence-electron chi connectivity index (χ3n) is 2.82. The van der Waals surface area contributed by atoms with Crippen LogP contribution in [0.3, 0.4) is 0 Å². The molecule has 0 atom stereocenters. The fourth-order valence-electron chi connectivity index (χ4n) is 1.79. The number of methoxy groups -OCH3 is 1. The van der Waals surface area contributed by atoms with E-state index in [9.17, 15) is 4.79 Å². The highest BCUT2D eigenvalue weighted by molar-refractivity contribution is 7.99. The lowest BCUT2D eigenvalue weighted by Crippen LogP contribution is -2.23. The number of hydrogen-bond acceptors (Lipinski definition) is 5. The van der Waals surface area contributed by atoms with Crippen LogP contribution in [0.4, 0.5) is 0 Å². The molecule has 0 saturated heterocycles. The summed E-state index contributed by atoms with van der Waals surface area (Å²) in [5.41, 5.74) is 1.96. The largest absolute Gasteiger partial charge is 0.468 e. The van der Waals surface area contributed by atoms with Crippen molar-refractivity contribution in [3.05, 3.63) is 30.1 Å². The van der Waals surface area contributed by atoms with Crippen LogP contribution in [-0.2, 0) is 16.1 Å². The van der Waals surface area contributed by atoms with Gasteiger partial charge in [-0.25, -0.2) is 4.98 Å². The number of fused-ring (bicyclic) bond motifs is 1. The van der Waals surface area contributed by atoms with E-state index in [2.05, 4.69) is 33.3 Å². The number of aromatic nitrogens is 2. The molecule has 108 valence electrons. The van der Waals surface area contributed by atoms with E-state index in [1.54, 1.807) is 0 Å². The van der Waals surface area contributed by atoms with Gasteiger partial charge < -0.3 is 14.5 Å². The molecule has 0 fully saturated rings. The predicted octanol–water partition coefficient (Wildman–Crippen LogP) is 2.10. The van der Waals surface area contributed by atoms with Crippen molar-refractivity contribution < 1.29 is 9.53 Å². The Bertz CT molecular complexity index is 595. The number of pyridine rings is 1. The molecule has 1 N–H and O–H groups in total. The van der Waals surface area contributed by atoms with Gasteiger partial charge in [-0.2, -0.15) is 0 Å². The van der Waals surface area contributed by atoms with E-state index in [-0.39, 0.29) is 11.7 Å². The van der Waals surface area contributed by atoms with Gasteiger partial charge in [0.1, 0.15) is 10.7 Å². The summed E-state index contributed by atoms with van der Waals surface area (Å²) < 4.78 is 6.72. The first-order valence-electron chi connectivity index (χ1n) is 6.50. The molecule has 0 amide bonds. The van der Waals surface area contributed by atoms with E-state index in [1.165, 1.54) is 18.9 Å². The van der Waals surface area contributed by atoms with Crippen molar-refractivity contribution in [2.75, 3.05) is 12.9 Å². The SMILES string of the molecule is COC(=O)CSc1nc2ccccn2c1CNC(C)C. The summed E-state index contributed by atoms with van der Waals surface area (Å²) in [7, 11) is 1.40. The van der Waals surface area contributed by atoms with Gasteiger partial charge in [-0.15, -0.1) is 0 Å². The number of carbonyl (C=O) groups is 1. The molecular weight excluding hydrogens is 274 g/mol. The second-order valence-corrected chi connectivity index (χ2v) is 5.66. The summed E-state index contributed by atoms with van der Waals surface area (Å²) in [6.45, 7) is 4.92. The maximum absolute atomic E-state index is 11.3. The molecule has 0 aromatic carbocycles. The molecule has 0 saturated carbocycles. The van der Waals surface area contributed by atoms with Gasteiger partial charge >= 0.3 is 5.97 Å². The van der Waals surface area contributed by atoms with E-state index in [1.807, 2.05) is 24.4 Å². The van der Waals surface area contributed by atoms with Crippen LogP contribution in [0.25, 0.3) is 5.65 Å². The Kier molecular flexibility index (Phi) is 5.03. The minimum Gasteiger partial charge on any atom is -0.468 e. The zero-order valence-electron chi connectivity index (χ0n) is 11.9. The quantitative estimate of drug-likeness (QED) is 0.653. The van der Waals surface area contributed by atoms with Crippen molar-refractivity contribution in [2.45, 2.75) is 31.5 Å². The van der Waals surface area contributed by atoms with Gasteiger partial charge in [0.25, 0.3) is 0 Å². The number of ether oxygens (including phenoxy) is 1. The second kappa shape index (κ2) is 6.76. The molecule has 0 unspecified atom stereocenters. The topological polar surface area (TPSA) is 55.6 Å². The molecule has 2 aromatic heterocycles. The summed E-state index contributed by atoms with van der Waals surface area (Å²) in [5, 5.41) is 4.26. The van der Waals surface area contributed by atoms with Crippen molar-refractivity contribution >= 4 is 23.4 Å². The first kappa shape index (κ1) is 14.9. The maximum atomic E-state index is 11.3. The molecule has 0 aliphatic heterocycles. The van der Waals surface area contributed by atoms with Gasteiger partial charge in [-0.05, 0) is 12.1 Å². The van der Waals surface area contributed by atoms with Crippen LogP contribution >= 0.6 is 11.8 Å². The van der Waals surface area contributed by atoms with Crippen molar-refractivity contribution in [3.63, 3.8) is 0 Å². The number of hydrogen-bond donors (Lipinski definition) is 1. The van der Waals surface area contributed by atoms with E-state index in [0.717, 1.165) is 16.4 Å². The number of carbonyl (C=O) groups excluding carboxylic acids is 1. The fourth-order valence-corrected chi connectivity index (χ4v) is 2.66. The van der Waals surface area contributed by atoms with Crippen LogP contribution in [0.15, 0.2) is 29.4 Å². The smallest absolute Gasteiger partial charge is 0.316 e. The lowest BCUT2D eigenvalue weighted by Gasteiger charge is -2.09. The third kappa shape index (κ3) is 3.52. The number of rotatable bonds is 6. The molecule has 0 spiro atoms. The van der Waals surface area contributed by atoms with Crippen LogP contribution < -0.4 is 5.32 Å². The Balaban J connectivity index is 2.26. The summed E-state index contributed by atoms with van der Waals surface area (Å²) >= 11 is 1.41. The third-order valence-corrected chi connectivity index (χ3v) is 3.80. The number of thioether (sulfide) groups is 1. The number of imidazole rings is 1. The Hall–Kier alpha value is -1.53. The molecule has 0 aliphatic rings. The van der Waals surface area contributed by atoms with Gasteiger partial charge in [-0.1, -0.05) is 31.7 Å². The van der Waals surface area contributed by atoms with Crippen molar-refractivity contribution in [2.24, 2.45) is 0 Å². The van der Waals surface area contributed by atoms with E-state index in [0.29, 0.717) is 12.6 Å². The van der Waals surface area contributed by atoms with E-state index < -0.39 is 0 Å². The monoisotopic (exact) mass is 293 g/mol. The van der Waals surface area contributed by atoms with Gasteiger partial charge in [0.15, 0.2) is 0 Å². The number of esters is 1. The lowest BCUT2D eigenvalue weighted by molar-refractivity contribution is -0.137. The van der Waals surface area contributed by atoms with Crippen LogP contribution in [-0.4, -0.2) is 34.3 Å². The van der Waals surface area contributed by atoms with E-state index >= 15 is 0 Å². The molecular formula is C14H19N3O2S. The van der Waals surface area contributed by atoms with Crippen molar-refractivity contribution in [1.29, 1.82) is 0 Å². The van der Waals surface area contributed by atoms with Crippen molar-refractivity contribution in [3.8, 4) is 0 Å².